The van der Waals surface area contributed by atoms with Gasteiger partial charge in [0.2, 0.25) is 0 Å². The van der Waals surface area contributed by atoms with Crippen LogP contribution in [-0.4, -0.2) is 25.9 Å². The summed E-state index contributed by atoms with van der Waals surface area (Å²) in [4.78, 5) is 0.0457. The van der Waals surface area contributed by atoms with Gasteiger partial charge >= 0.3 is 12.4 Å². The zero-order valence-corrected chi connectivity index (χ0v) is 15.6. The molecule has 1 N–H and O–H groups in total. The number of hydrogen-bond donors (Lipinski definition) is 1. The lowest BCUT2D eigenvalue weighted by Gasteiger charge is -2.32. The number of benzene rings is 2. The fourth-order valence-electron chi connectivity index (χ4n) is 3.37. The number of aryl methyl sites for hydroxylation is 2. The van der Waals surface area contributed by atoms with Crippen LogP contribution < -0.4 is 0 Å². The highest BCUT2D eigenvalue weighted by molar-refractivity contribution is 7.90. The Kier molecular flexibility index (Phi) is 5.23. The summed E-state index contributed by atoms with van der Waals surface area (Å²) in [6.45, 7) is 0. The predicted octanol–water partition coefficient (Wildman–Crippen LogP) is 4.46. The van der Waals surface area contributed by atoms with Gasteiger partial charge in [0.25, 0.3) is 5.60 Å². The van der Waals surface area contributed by atoms with E-state index < -0.39 is 39.1 Å². The molecule has 3 rings (SSSR count). The average molecular weight is 438 g/mol. The molecule has 10 heteroatoms. The van der Waals surface area contributed by atoms with Crippen molar-refractivity contribution in [2.75, 3.05) is 0 Å². The summed E-state index contributed by atoms with van der Waals surface area (Å²) in [7, 11) is -3.85. The van der Waals surface area contributed by atoms with Gasteiger partial charge in [0.05, 0.1) is 10.6 Å². The van der Waals surface area contributed by atoms with E-state index in [1.165, 1.54) is 6.07 Å². The Balaban J connectivity index is 1.89. The fourth-order valence-corrected chi connectivity index (χ4v) is 4.77. The highest BCUT2D eigenvalue weighted by atomic mass is 32.2. The molecule has 29 heavy (non-hydrogen) atoms. The van der Waals surface area contributed by atoms with Crippen molar-refractivity contribution in [3.63, 3.8) is 0 Å². The summed E-state index contributed by atoms with van der Waals surface area (Å²) in [5, 5.41) is 9.38. The number of fused-ring (bicyclic) bond motifs is 1. The van der Waals surface area contributed by atoms with E-state index in [0.29, 0.717) is 12.1 Å². The smallest absolute Gasteiger partial charge is 0.369 e. The number of hydrogen-bond acceptors (Lipinski definition) is 3. The average Bonchev–Trinajstić information content (AvgIpc) is 3.07. The summed E-state index contributed by atoms with van der Waals surface area (Å²) in [6.07, 6.45) is -9.46. The normalized spacial score (nSPS) is 15.4. The highest BCUT2D eigenvalue weighted by Gasteiger charge is 2.71. The van der Waals surface area contributed by atoms with Crippen LogP contribution in [0.3, 0.4) is 0 Å². The van der Waals surface area contributed by atoms with Crippen LogP contribution in [0, 0.1) is 0 Å². The molecule has 3 nitrogen and oxygen atoms in total. The number of alkyl halides is 6. The van der Waals surface area contributed by atoms with Gasteiger partial charge in [0.15, 0.2) is 9.84 Å². The molecule has 0 aliphatic heterocycles. The highest BCUT2D eigenvalue weighted by Crippen LogP contribution is 2.50. The van der Waals surface area contributed by atoms with Crippen LogP contribution in [0.4, 0.5) is 26.3 Å². The van der Waals surface area contributed by atoms with Gasteiger partial charge in [-0.25, -0.2) is 8.42 Å². The van der Waals surface area contributed by atoms with E-state index >= 15 is 0 Å². The van der Waals surface area contributed by atoms with Crippen molar-refractivity contribution in [2.45, 2.75) is 47.9 Å². The van der Waals surface area contributed by atoms with Crippen LogP contribution in [0.5, 0.6) is 0 Å². The molecule has 0 saturated carbocycles. The second-order valence-corrected chi connectivity index (χ2v) is 8.94. The van der Waals surface area contributed by atoms with Crippen molar-refractivity contribution in [1.29, 1.82) is 0 Å². The van der Waals surface area contributed by atoms with Gasteiger partial charge in [-0.2, -0.15) is 26.3 Å². The summed E-state index contributed by atoms with van der Waals surface area (Å²) >= 11 is 0. The lowest BCUT2D eigenvalue weighted by molar-refractivity contribution is -0.376. The summed E-state index contributed by atoms with van der Waals surface area (Å²) < 4.78 is 103. The van der Waals surface area contributed by atoms with E-state index in [-0.39, 0.29) is 10.5 Å². The van der Waals surface area contributed by atoms with E-state index in [2.05, 4.69) is 0 Å². The van der Waals surface area contributed by atoms with Gasteiger partial charge < -0.3 is 5.11 Å². The van der Waals surface area contributed by atoms with E-state index in [9.17, 15) is 39.9 Å². The molecule has 1 aliphatic rings. The van der Waals surface area contributed by atoms with Crippen LogP contribution in [0.2, 0.25) is 0 Å². The second kappa shape index (κ2) is 7.02. The topological polar surface area (TPSA) is 54.4 Å². The van der Waals surface area contributed by atoms with Crippen LogP contribution in [0.15, 0.2) is 47.4 Å². The van der Waals surface area contributed by atoms with Crippen LogP contribution in [0.25, 0.3) is 0 Å². The monoisotopic (exact) mass is 438 g/mol. The Hall–Kier alpha value is -2.07. The van der Waals surface area contributed by atoms with Gasteiger partial charge in [-0.3, -0.25) is 0 Å². The number of rotatable bonds is 4. The molecule has 0 fully saturated rings. The van der Waals surface area contributed by atoms with Gasteiger partial charge in [-0.1, -0.05) is 30.3 Å². The lowest BCUT2D eigenvalue weighted by Crippen LogP contribution is -2.53. The molecular weight excluding hydrogens is 422 g/mol. The van der Waals surface area contributed by atoms with E-state index in [1.807, 2.05) is 0 Å². The Morgan fingerprint density at radius 1 is 0.828 bits per heavy atom. The first-order chi connectivity index (χ1) is 13.3. The maximum absolute atomic E-state index is 12.9. The molecule has 0 radical (unpaired) electrons. The first-order valence-corrected chi connectivity index (χ1v) is 10.2. The molecule has 0 spiro atoms. The molecule has 0 atom stereocenters. The van der Waals surface area contributed by atoms with Crippen molar-refractivity contribution < 1.29 is 39.9 Å². The third kappa shape index (κ3) is 3.87. The van der Waals surface area contributed by atoms with Crippen LogP contribution >= 0.6 is 0 Å². The second-order valence-electron chi connectivity index (χ2n) is 6.95. The summed E-state index contributed by atoms with van der Waals surface area (Å²) in [5.74, 6) is -0.595. The van der Waals surface area contributed by atoms with Crippen molar-refractivity contribution in [2.24, 2.45) is 0 Å². The Morgan fingerprint density at radius 3 is 1.93 bits per heavy atom. The largest absolute Gasteiger partial charge is 0.430 e. The zero-order valence-electron chi connectivity index (χ0n) is 14.8. The van der Waals surface area contributed by atoms with Crippen molar-refractivity contribution in [3.05, 3.63) is 64.7 Å². The zero-order chi connectivity index (χ0) is 21.7. The Labute approximate surface area is 162 Å². The number of halogens is 6. The molecule has 0 bridgehead atoms. The minimum Gasteiger partial charge on any atom is -0.369 e. The molecule has 0 heterocycles. The third-order valence-electron chi connectivity index (χ3n) is 4.98. The SMILES string of the molecule is O=S(=O)(Cc1ccc(C(O)(C(F)(F)F)C(F)(F)F)cc1)c1ccc2c(c1)CCC2. The van der Waals surface area contributed by atoms with Gasteiger partial charge in [0, 0.05) is 5.56 Å². The fraction of sp³-hybridized carbons (Fsp3) is 0.368. The van der Waals surface area contributed by atoms with Gasteiger partial charge in [0.1, 0.15) is 0 Å². The molecule has 158 valence electrons. The first kappa shape index (κ1) is 21.6. The van der Waals surface area contributed by atoms with Gasteiger partial charge in [-0.05, 0) is 48.1 Å². The molecule has 2 aromatic carbocycles. The molecule has 0 unspecified atom stereocenters. The van der Waals surface area contributed by atoms with Crippen LogP contribution in [0.1, 0.15) is 28.7 Å². The molecule has 0 saturated heterocycles. The van der Waals surface area contributed by atoms with Gasteiger partial charge in [-0.15, -0.1) is 0 Å². The Bertz CT molecular complexity index is 994. The quantitative estimate of drug-likeness (QED) is 0.718. The van der Waals surface area contributed by atoms with Crippen LogP contribution in [-0.2, 0) is 34.0 Å². The standard InChI is InChI=1S/C19H16F6O3S/c20-18(21,22)17(26,19(23,24)25)15-7-4-12(5-8-15)11-29(27,28)16-9-6-13-2-1-3-14(13)10-16/h4-10,26H,1-3,11H2. The lowest BCUT2D eigenvalue weighted by atomic mass is 9.92. The molecule has 2 aromatic rings. The van der Waals surface area contributed by atoms with Crippen molar-refractivity contribution in [1.82, 2.24) is 0 Å². The Morgan fingerprint density at radius 2 is 1.38 bits per heavy atom. The minimum absolute atomic E-state index is 0.000877. The number of aliphatic hydroxyl groups is 1. The summed E-state index contributed by atoms with van der Waals surface area (Å²) in [5.41, 5.74) is -4.50. The molecule has 1 aliphatic carbocycles. The van der Waals surface area contributed by atoms with Crippen molar-refractivity contribution >= 4 is 9.84 Å². The molecule has 0 amide bonds. The van der Waals surface area contributed by atoms with E-state index in [1.54, 1.807) is 12.1 Å². The molecule has 0 aromatic heterocycles. The third-order valence-corrected chi connectivity index (χ3v) is 6.66. The first-order valence-electron chi connectivity index (χ1n) is 8.55. The maximum Gasteiger partial charge on any atom is 0.430 e. The number of sulfone groups is 1. The summed E-state index contributed by atoms with van der Waals surface area (Å²) in [6, 6.07) is 7.26. The van der Waals surface area contributed by atoms with E-state index in [0.717, 1.165) is 42.5 Å². The minimum atomic E-state index is -6.00. The maximum atomic E-state index is 12.9. The predicted molar refractivity (Wildman–Crippen MR) is 91.8 cm³/mol. The molecular formula is C19H16F6O3S. The van der Waals surface area contributed by atoms with Crippen molar-refractivity contribution in [3.8, 4) is 0 Å². The van der Waals surface area contributed by atoms with E-state index in [4.69, 9.17) is 0 Å².